The van der Waals surface area contributed by atoms with Gasteiger partial charge in [0.05, 0.1) is 10.6 Å². The van der Waals surface area contributed by atoms with Crippen molar-refractivity contribution in [3.05, 3.63) is 10.6 Å². The van der Waals surface area contributed by atoms with Crippen molar-refractivity contribution < 1.29 is 9.59 Å². The minimum atomic E-state index is 0.00965. The van der Waals surface area contributed by atoms with Gasteiger partial charge in [-0.3, -0.25) is 9.59 Å². The van der Waals surface area contributed by atoms with Crippen LogP contribution < -0.4 is 5.32 Å². The summed E-state index contributed by atoms with van der Waals surface area (Å²) in [4.78, 5) is 28.6. The number of carbonyl (C=O) groups excluding carboxylic acids is 2. The summed E-state index contributed by atoms with van der Waals surface area (Å²) in [6, 6.07) is 0. The molecular formula is C14H18N2O2S. The number of fused-ring (bicyclic) bond motifs is 2. The van der Waals surface area contributed by atoms with Crippen molar-refractivity contribution in [2.45, 2.75) is 39.5 Å². The Labute approximate surface area is 116 Å². The number of amides is 1. The van der Waals surface area contributed by atoms with Crippen LogP contribution in [-0.2, 0) is 4.79 Å². The number of hydrogen-bond acceptors (Lipinski definition) is 4. The number of ketones is 1. The minimum Gasteiger partial charge on any atom is -0.302 e. The molecule has 2 bridgehead atoms. The number of carbonyl (C=O) groups is 2. The first kappa shape index (κ1) is 12.8. The Balaban J connectivity index is 1.70. The van der Waals surface area contributed by atoms with E-state index in [9.17, 15) is 9.59 Å². The van der Waals surface area contributed by atoms with Crippen LogP contribution in [0, 0.1) is 24.7 Å². The number of rotatable bonds is 3. The highest BCUT2D eigenvalue weighted by molar-refractivity contribution is 7.17. The lowest BCUT2D eigenvalue weighted by Gasteiger charge is -2.19. The van der Waals surface area contributed by atoms with Gasteiger partial charge in [0, 0.05) is 12.8 Å². The number of thiazole rings is 1. The molecule has 3 atom stereocenters. The van der Waals surface area contributed by atoms with Crippen LogP contribution in [0.3, 0.4) is 0 Å². The molecule has 4 nitrogen and oxygen atoms in total. The standard InChI is InChI=1S/C14H18N2O2S/c1-7-12(8(2)17)19-14(15-7)16-13(18)11-6-9-3-4-10(11)5-9/h9-11H,3-6H2,1-2H3,(H,15,16,18)/t9-,10-,11-/m1/s1. The Morgan fingerprint density at radius 3 is 2.63 bits per heavy atom. The molecule has 1 amide bonds. The van der Waals surface area contributed by atoms with Gasteiger partial charge < -0.3 is 5.32 Å². The second-order valence-corrected chi connectivity index (χ2v) is 6.76. The first-order chi connectivity index (χ1) is 9.04. The summed E-state index contributed by atoms with van der Waals surface area (Å²) < 4.78 is 0. The van der Waals surface area contributed by atoms with Crippen molar-refractivity contribution >= 4 is 28.2 Å². The van der Waals surface area contributed by atoms with Crippen molar-refractivity contribution in [1.82, 2.24) is 4.98 Å². The molecule has 0 aromatic carbocycles. The molecule has 5 heteroatoms. The van der Waals surface area contributed by atoms with Gasteiger partial charge in [-0.2, -0.15) is 0 Å². The van der Waals surface area contributed by atoms with E-state index in [1.165, 1.54) is 37.5 Å². The van der Waals surface area contributed by atoms with Crippen LogP contribution in [0.2, 0.25) is 0 Å². The fourth-order valence-electron chi connectivity index (χ4n) is 3.54. The molecule has 0 saturated heterocycles. The van der Waals surface area contributed by atoms with Gasteiger partial charge in [-0.1, -0.05) is 17.8 Å². The third-order valence-electron chi connectivity index (χ3n) is 4.42. The van der Waals surface area contributed by atoms with Gasteiger partial charge in [-0.15, -0.1) is 0 Å². The Kier molecular flexibility index (Phi) is 3.17. The smallest absolute Gasteiger partial charge is 0.229 e. The normalized spacial score (nSPS) is 28.6. The van der Waals surface area contributed by atoms with E-state index >= 15 is 0 Å². The summed E-state index contributed by atoms with van der Waals surface area (Å²) in [6.07, 6.45) is 4.73. The molecule has 0 unspecified atom stereocenters. The zero-order valence-electron chi connectivity index (χ0n) is 11.2. The SMILES string of the molecule is CC(=O)c1sc(NC(=O)[C@@H]2C[C@@H]3CC[C@@H]2C3)nc1C. The van der Waals surface area contributed by atoms with Crippen molar-refractivity contribution in [2.24, 2.45) is 17.8 Å². The molecule has 0 radical (unpaired) electrons. The van der Waals surface area contributed by atoms with Crippen molar-refractivity contribution in [2.75, 3.05) is 5.32 Å². The fourth-order valence-corrected chi connectivity index (χ4v) is 4.41. The monoisotopic (exact) mass is 278 g/mol. The van der Waals surface area contributed by atoms with Gasteiger partial charge in [-0.25, -0.2) is 4.98 Å². The summed E-state index contributed by atoms with van der Waals surface area (Å²) in [6.45, 7) is 3.34. The summed E-state index contributed by atoms with van der Waals surface area (Å²) >= 11 is 1.28. The molecule has 2 fully saturated rings. The van der Waals surface area contributed by atoms with Gasteiger partial charge in [0.1, 0.15) is 0 Å². The molecule has 0 spiro atoms. The predicted octanol–water partition coefficient (Wildman–Crippen LogP) is 3.03. The molecule has 1 aromatic rings. The maximum absolute atomic E-state index is 12.3. The topological polar surface area (TPSA) is 59.1 Å². The Bertz CT molecular complexity index is 538. The number of hydrogen-bond donors (Lipinski definition) is 1. The maximum atomic E-state index is 12.3. The molecule has 1 N–H and O–H groups in total. The third-order valence-corrected chi connectivity index (χ3v) is 5.60. The van der Waals surface area contributed by atoms with Gasteiger partial charge in [0.15, 0.2) is 10.9 Å². The molecule has 1 aromatic heterocycles. The Morgan fingerprint density at radius 1 is 1.32 bits per heavy atom. The lowest BCUT2D eigenvalue weighted by Crippen LogP contribution is -2.27. The zero-order chi connectivity index (χ0) is 13.6. The van der Waals surface area contributed by atoms with Gasteiger partial charge in [-0.05, 0) is 38.0 Å². The largest absolute Gasteiger partial charge is 0.302 e. The molecule has 19 heavy (non-hydrogen) atoms. The number of aryl methyl sites for hydroxylation is 1. The average molecular weight is 278 g/mol. The molecule has 2 saturated carbocycles. The lowest BCUT2D eigenvalue weighted by atomic mass is 9.88. The molecule has 2 aliphatic carbocycles. The predicted molar refractivity (Wildman–Crippen MR) is 74.4 cm³/mol. The first-order valence-electron chi connectivity index (χ1n) is 6.84. The molecule has 0 aliphatic heterocycles. The highest BCUT2D eigenvalue weighted by atomic mass is 32.1. The summed E-state index contributed by atoms with van der Waals surface area (Å²) in [5.41, 5.74) is 0.709. The van der Waals surface area contributed by atoms with Crippen LogP contribution in [0.5, 0.6) is 0 Å². The van der Waals surface area contributed by atoms with Crippen LogP contribution >= 0.6 is 11.3 Å². The van der Waals surface area contributed by atoms with Crippen LogP contribution in [0.4, 0.5) is 5.13 Å². The maximum Gasteiger partial charge on any atom is 0.229 e. The van der Waals surface area contributed by atoms with E-state index in [4.69, 9.17) is 0 Å². The van der Waals surface area contributed by atoms with Crippen LogP contribution in [0.15, 0.2) is 0 Å². The van der Waals surface area contributed by atoms with Crippen molar-refractivity contribution in [1.29, 1.82) is 0 Å². The van der Waals surface area contributed by atoms with Gasteiger partial charge in [0.2, 0.25) is 5.91 Å². The van der Waals surface area contributed by atoms with Crippen molar-refractivity contribution in [3.63, 3.8) is 0 Å². The highest BCUT2D eigenvalue weighted by Gasteiger charge is 2.43. The lowest BCUT2D eigenvalue weighted by molar-refractivity contribution is -0.121. The molecule has 102 valence electrons. The second kappa shape index (κ2) is 4.71. The number of Topliss-reactive ketones (excluding diaryl/α,β-unsaturated/α-hetero) is 1. The van der Waals surface area contributed by atoms with E-state index in [1.807, 2.05) is 0 Å². The minimum absolute atomic E-state index is 0.00965. The van der Waals surface area contributed by atoms with Crippen LogP contribution in [0.25, 0.3) is 0 Å². The number of aromatic nitrogens is 1. The van der Waals surface area contributed by atoms with Gasteiger partial charge in [0.25, 0.3) is 0 Å². The van der Waals surface area contributed by atoms with Gasteiger partial charge >= 0.3 is 0 Å². The Morgan fingerprint density at radius 2 is 2.11 bits per heavy atom. The number of nitrogens with zero attached hydrogens (tertiary/aromatic N) is 1. The Hall–Kier alpha value is -1.23. The zero-order valence-corrected chi connectivity index (χ0v) is 12.0. The van der Waals surface area contributed by atoms with Crippen molar-refractivity contribution in [3.8, 4) is 0 Å². The quantitative estimate of drug-likeness (QED) is 0.865. The molecule has 2 aliphatic rings. The highest BCUT2D eigenvalue weighted by Crippen LogP contribution is 2.48. The van der Waals surface area contributed by atoms with E-state index in [0.29, 0.717) is 21.6 Å². The molecule has 3 rings (SSSR count). The fraction of sp³-hybridized carbons (Fsp3) is 0.643. The van der Waals surface area contributed by atoms with E-state index in [2.05, 4.69) is 10.3 Å². The number of nitrogens with one attached hydrogen (secondary N) is 1. The van der Waals surface area contributed by atoms with Crippen LogP contribution in [0.1, 0.15) is 48.0 Å². The van der Waals surface area contributed by atoms with E-state index < -0.39 is 0 Å². The van der Waals surface area contributed by atoms with E-state index in [1.54, 1.807) is 6.92 Å². The van der Waals surface area contributed by atoms with E-state index in [-0.39, 0.29) is 17.6 Å². The van der Waals surface area contributed by atoms with Crippen LogP contribution in [-0.4, -0.2) is 16.7 Å². The molecular weight excluding hydrogens is 260 g/mol. The summed E-state index contributed by atoms with van der Waals surface area (Å²) in [5, 5.41) is 3.47. The first-order valence-corrected chi connectivity index (χ1v) is 7.65. The summed E-state index contributed by atoms with van der Waals surface area (Å²) in [7, 11) is 0. The second-order valence-electron chi connectivity index (χ2n) is 5.76. The third kappa shape index (κ3) is 2.31. The average Bonchev–Trinajstić information content (AvgIpc) is 3.03. The molecule has 1 heterocycles. The number of anilines is 1. The summed E-state index contributed by atoms with van der Waals surface area (Å²) in [5.74, 6) is 1.58. The van der Waals surface area contributed by atoms with E-state index in [0.717, 1.165) is 12.3 Å².